The van der Waals surface area contributed by atoms with Gasteiger partial charge in [-0.2, -0.15) is 0 Å². The zero-order valence-electron chi connectivity index (χ0n) is 23.8. The van der Waals surface area contributed by atoms with Gasteiger partial charge in [-0.05, 0) is 90.0 Å². The van der Waals surface area contributed by atoms with Crippen LogP contribution < -0.4 is 10.1 Å². The minimum Gasteiger partial charge on any atom is -0.478 e. The smallest absolute Gasteiger partial charge is 0.336 e. The summed E-state index contributed by atoms with van der Waals surface area (Å²) in [4.78, 5) is 37.5. The Morgan fingerprint density at radius 2 is 1.34 bits per heavy atom. The molecular formula is C35H35NO5. The van der Waals surface area contributed by atoms with E-state index in [-0.39, 0.29) is 22.8 Å². The molecule has 0 radical (unpaired) electrons. The summed E-state index contributed by atoms with van der Waals surface area (Å²) in [5.74, 6) is 0.150. The molecule has 6 heteroatoms. The molecule has 0 aliphatic heterocycles. The number of carboxylic acid groups (broad SMARTS) is 1. The summed E-state index contributed by atoms with van der Waals surface area (Å²) in [5.41, 5.74) is 4.03. The molecule has 4 rings (SSSR count). The normalized spacial score (nSPS) is 11.0. The minimum atomic E-state index is -1.19. The Balaban J connectivity index is 1.47. The fraction of sp³-hybridized carbons (Fsp3) is 0.229. The van der Waals surface area contributed by atoms with Gasteiger partial charge >= 0.3 is 5.97 Å². The van der Waals surface area contributed by atoms with Crippen molar-refractivity contribution in [2.24, 2.45) is 11.8 Å². The van der Waals surface area contributed by atoms with Crippen LogP contribution in [0.3, 0.4) is 0 Å². The van der Waals surface area contributed by atoms with Gasteiger partial charge in [-0.1, -0.05) is 64.1 Å². The molecule has 0 saturated heterocycles. The van der Waals surface area contributed by atoms with E-state index in [2.05, 4.69) is 31.3 Å². The summed E-state index contributed by atoms with van der Waals surface area (Å²) in [6, 6.07) is 27.0. The zero-order chi connectivity index (χ0) is 29.5. The van der Waals surface area contributed by atoms with Gasteiger partial charge in [-0.3, -0.25) is 9.59 Å². The third kappa shape index (κ3) is 7.92. The van der Waals surface area contributed by atoms with Crippen LogP contribution >= 0.6 is 0 Å². The molecule has 0 aliphatic carbocycles. The molecule has 6 nitrogen and oxygen atoms in total. The SMILES string of the molecule is CC(C)Cc1ccc(Oc2ccc(NC(=O)c3cc(Cc4cccc(C(=O)C(C)C)c4)ccc3C(=O)O)cc2)cc1. The van der Waals surface area contributed by atoms with Crippen LogP contribution in [0.25, 0.3) is 0 Å². The molecular weight excluding hydrogens is 514 g/mol. The predicted molar refractivity (Wildman–Crippen MR) is 161 cm³/mol. The van der Waals surface area contributed by atoms with Crippen LogP contribution in [0.5, 0.6) is 11.5 Å². The second-order valence-corrected chi connectivity index (χ2v) is 10.9. The lowest BCUT2D eigenvalue weighted by atomic mass is 9.95. The molecule has 0 spiro atoms. The van der Waals surface area contributed by atoms with E-state index in [4.69, 9.17) is 4.74 Å². The van der Waals surface area contributed by atoms with Crippen molar-refractivity contribution in [2.45, 2.75) is 40.5 Å². The highest BCUT2D eigenvalue weighted by molar-refractivity contribution is 6.10. The maximum absolute atomic E-state index is 13.2. The zero-order valence-corrected chi connectivity index (χ0v) is 23.8. The number of nitrogens with one attached hydrogen (secondary N) is 1. The first-order valence-electron chi connectivity index (χ1n) is 13.8. The Morgan fingerprint density at radius 1 is 0.732 bits per heavy atom. The van der Waals surface area contributed by atoms with Crippen LogP contribution in [-0.4, -0.2) is 22.8 Å². The van der Waals surface area contributed by atoms with Gasteiger partial charge in [0.15, 0.2) is 5.78 Å². The summed E-state index contributed by atoms with van der Waals surface area (Å²) in [7, 11) is 0. The van der Waals surface area contributed by atoms with Crippen LogP contribution in [0, 0.1) is 11.8 Å². The Labute approximate surface area is 241 Å². The highest BCUT2D eigenvalue weighted by atomic mass is 16.5. The number of amides is 1. The number of benzene rings is 4. The van der Waals surface area contributed by atoms with Gasteiger partial charge in [0.05, 0.1) is 11.1 Å². The maximum Gasteiger partial charge on any atom is 0.336 e. The number of carbonyl (C=O) groups excluding carboxylic acids is 2. The molecule has 4 aromatic carbocycles. The first-order valence-corrected chi connectivity index (χ1v) is 13.8. The fourth-order valence-corrected chi connectivity index (χ4v) is 4.59. The van der Waals surface area contributed by atoms with E-state index in [0.29, 0.717) is 29.3 Å². The lowest BCUT2D eigenvalue weighted by Gasteiger charge is -2.12. The van der Waals surface area contributed by atoms with E-state index in [9.17, 15) is 19.5 Å². The summed E-state index contributed by atoms with van der Waals surface area (Å²) in [5, 5.41) is 12.5. The van der Waals surface area contributed by atoms with E-state index in [1.54, 1.807) is 42.5 Å². The van der Waals surface area contributed by atoms with Gasteiger partial charge in [0.25, 0.3) is 5.91 Å². The lowest BCUT2D eigenvalue weighted by molar-refractivity contribution is 0.0692. The van der Waals surface area contributed by atoms with E-state index in [0.717, 1.165) is 23.3 Å². The maximum atomic E-state index is 13.2. The van der Waals surface area contributed by atoms with Crippen LogP contribution in [-0.2, 0) is 12.8 Å². The van der Waals surface area contributed by atoms with Crippen LogP contribution in [0.2, 0.25) is 0 Å². The van der Waals surface area contributed by atoms with Gasteiger partial charge in [0.2, 0.25) is 0 Å². The van der Waals surface area contributed by atoms with Crippen molar-refractivity contribution in [3.63, 3.8) is 0 Å². The van der Waals surface area contributed by atoms with Crippen molar-refractivity contribution in [1.82, 2.24) is 0 Å². The molecule has 0 heterocycles. The number of hydrogen-bond donors (Lipinski definition) is 2. The number of ketones is 1. The second kappa shape index (κ2) is 13.1. The summed E-state index contributed by atoms with van der Waals surface area (Å²) in [6.45, 7) is 8.08. The van der Waals surface area contributed by atoms with E-state index >= 15 is 0 Å². The number of hydrogen-bond acceptors (Lipinski definition) is 4. The van der Waals surface area contributed by atoms with E-state index < -0.39 is 11.9 Å². The number of carbonyl (C=O) groups is 3. The van der Waals surface area contributed by atoms with Crippen molar-refractivity contribution >= 4 is 23.3 Å². The highest BCUT2D eigenvalue weighted by Crippen LogP contribution is 2.25. The van der Waals surface area contributed by atoms with Crippen molar-refractivity contribution < 1.29 is 24.2 Å². The summed E-state index contributed by atoms with van der Waals surface area (Å²) in [6.07, 6.45) is 1.46. The van der Waals surface area contributed by atoms with Crippen molar-refractivity contribution in [1.29, 1.82) is 0 Å². The molecule has 0 unspecified atom stereocenters. The number of carboxylic acids is 1. The molecule has 0 bridgehead atoms. The standard InChI is InChI=1S/C35H35NO5/c1-22(2)18-24-8-13-29(14-9-24)41-30-15-11-28(12-16-30)36-34(38)32-21-26(10-17-31(32)35(39)40)19-25-6-5-7-27(20-25)33(37)23(3)4/h5-17,20-23H,18-19H2,1-4H3,(H,36,38)(H,39,40). The quantitative estimate of drug-likeness (QED) is 0.185. The van der Waals surface area contributed by atoms with Crippen molar-refractivity contribution in [2.75, 3.05) is 5.32 Å². The van der Waals surface area contributed by atoms with Gasteiger partial charge < -0.3 is 15.2 Å². The molecule has 0 atom stereocenters. The highest BCUT2D eigenvalue weighted by Gasteiger charge is 2.18. The van der Waals surface area contributed by atoms with Crippen molar-refractivity contribution in [3.05, 3.63) is 124 Å². The number of anilines is 1. The second-order valence-electron chi connectivity index (χ2n) is 10.9. The summed E-state index contributed by atoms with van der Waals surface area (Å²) < 4.78 is 5.93. The molecule has 41 heavy (non-hydrogen) atoms. The molecule has 210 valence electrons. The number of ether oxygens (including phenoxy) is 1. The Bertz CT molecular complexity index is 1540. The third-order valence-corrected chi connectivity index (χ3v) is 6.62. The van der Waals surface area contributed by atoms with Crippen LogP contribution in [0.4, 0.5) is 5.69 Å². The first-order chi connectivity index (χ1) is 19.6. The molecule has 4 aromatic rings. The number of rotatable bonds is 11. The average Bonchev–Trinajstić information content (AvgIpc) is 2.94. The van der Waals surface area contributed by atoms with Gasteiger partial charge in [0, 0.05) is 17.2 Å². The van der Waals surface area contributed by atoms with Gasteiger partial charge in [-0.25, -0.2) is 4.79 Å². The minimum absolute atomic E-state index is 0.0594. The molecule has 1 amide bonds. The monoisotopic (exact) mass is 549 g/mol. The molecule has 0 aliphatic rings. The predicted octanol–water partition coefficient (Wildman–Crippen LogP) is 8.06. The van der Waals surface area contributed by atoms with E-state index in [1.807, 2.05) is 44.2 Å². The number of aromatic carboxylic acids is 1. The number of Topliss-reactive ketones (excluding diaryl/α,β-unsaturated/α-hetero) is 1. The van der Waals surface area contributed by atoms with Crippen LogP contribution in [0.15, 0.2) is 91.0 Å². The Morgan fingerprint density at radius 3 is 1.95 bits per heavy atom. The lowest BCUT2D eigenvalue weighted by Crippen LogP contribution is -2.17. The topological polar surface area (TPSA) is 92.7 Å². The van der Waals surface area contributed by atoms with Crippen molar-refractivity contribution in [3.8, 4) is 11.5 Å². The fourth-order valence-electron chi connectivity index (χ4n) is 4.59. The van der Waals surface area contributed by atoms with Gasteiger partial charge in [-0.15, -0.1) is 0 Å². The largest absolute Gasteiger partial charge is 0.478 e. The van der Waals surface area contributed by atoms with E-state index in [1.165, 1.54) is 11.6 Å². The third-order valence-electron chi connectivity index (χ3n) is 6.62. The molecule has 0 aromatic heterocycles. The Hall–Kier alpha value is -4.71. The Kier molecular flexibility index (Phi) is 9.35. The van der Waals surface area contributed by atoms with Gasteiger partial charge in [0.1, 0.15) is 11.5 Å². The first kappa shape index (κ1) is 29.3. The molecule has 0 saturated carbocycles. The average molecular weight is 550 g/mol. The summed E-state index contributed by atoms with van der Waals surface area (Å²) >= 11 is 0. The molecule has 2 N–H and O–H groups in total. The molecule has 0 fully saturated rings. The van der Waals surface area contributed by atoms with Crippen LogP contribution in [0.1, 0.15) is 75.5 Å².